The van der Waals surface area contributed by atoms with Gasteiger partial charge in [-0.15, -0.1) is 0 Å². The van der Waals surface area contributed by atoms with Crippen molar-refractivity contribution in [3.05, 3.63) is 64.5 Å². The van der Waals surface area contributed by atoms with Gasteiger partial charge in [-0.05, 0) is 26.0 Å². The zero-order chi connectivity index (χ0) is 20.8. The fourth-order valence-electron chi connectivity index (χ4n) is 3.83. The normalized spacial score (nSPS) is 12.8. The van der Waals surface area contributed by atoms with Crippen LogP contribution in [0.2, 0.25) is 5.15 Å². The maximum Gasteiger partial charge on any atom is 0.209 e. The van der Waals surface area contributed by atoms with Gasteiger partial charge in [-0.25, -0.2) is 24.3 Å². The van der Waals surface area contributed by atoms with Crippen LogP contribution in [-0.4, -0.2) is 30.9 Å². The molecular weight excluding hydrogens is 407 g/mol. The van der Waals surface area contributed by atoms with Crippen LogP contribution in [0.25, 0.3) is 16.6 Å². The van der Waals surface area contributed by atoms with E-state index in [1.54, 1.807) is 29.2 Å². The number of rotatable bonds is 4. The van der Waals surface area contributed by atoms with Crippen molar-refractivity contribution in [1.82, 2.24) is 24.3 Å². The average molecular weight is 425 g/mol. The Morgan fingerprint density at radius 2 is 2.00 bits per heavy atom. The molecule has 30 heavy (non-hydrogen) atoms. The third-order valence-electron chi connectivity index (χ3n) is 5.28. The van der Waals surface area contributed by atoms with E-state index in [2.05, 4.69) is 25.3 Å². The summed E-state index contributed by atoms with van der Waals surface area (Å²) in [6.07, 6.45) is 5.75. The first-order valence-electron chi connectivity index (χ1n) is 9.52. The number of anilines is 1. The summed E-state index contributed by atoms with van der Waals surface area (Å²) < 4.78 is 21.8. The Labute approximate surface area is 176 Å². The Hall–Kier alpha value is -3.26. The molecule has 0 bridgehead atoms. The molecule has 1 aliphatic heterocycles. The van der Waals surface area contributed by atoms with Gasteiger partial charge in [0.2, 0.25) is 5.95 Å². The van der Waals surface area contributed by atoms with E-state index in [9.17, 15) is 4.39 Å². The fraction of sp³-hybridized carbons (Fsp3) is 0.238. The van der Waals surface area contributed by atoms with Gasteiger partial charge in [-0.1, -0.05) is 11.6 Å². The fourth-order valence-corrected chi connectivity index (χ4v) is 4.06. The van der Waals surface area contributed by atoms with Crippen molar-refractivity contribution in [1.29, 1.82) is 0 Å². The summed E-state index contributed by atoms with van der Waals surface area (Å²) in [4.78, 5) is 17.5. The number of fused-ring (bicyclic) bond motifs is 2. The van der Waals surface area contributed by atoms with Crippen LogP contribution in [0.15, 0.2) is 30.9 Å². The first-order chi connectivity index (χ1) is 14.5. The molecule has 5 rings (SSSR count). The molecule has 3 aromatic heterocycles. The molecular formula is C21H18ClFN6O. The van der Waals surface area contributed by atoms with E-state index < -0.39 is 0 Å². The van der Waals surface area contributed by atoms with E-state index >= 15 is 0 Å². The Kier molecular flexibility index (Phi) is 4.51. The Bertz CT molecular complexity index is 1290. The first kappa shape index (κ1) is 18.7. The lowest BCUT2D eigenvalue weighted by Crippen LogP contribution is -2.10. The van der Waals surface area contributed by atoms with Gasteiger partial charge in [-0.2, -0.15) is 0 Å². The summed E-state index contributed by atoms with van der Waals surface area (Å²) in [5.41, 5.74) is 4.60. The van der Waals surface area contributed by atoms with Crippen LogP contribution >= 0.6 is 11.6 Å². The predicted molar refractivity (Wildman–Crippen MR) is 111 cm³/mol. The van der Waals surface area contributed by atoms with E-state index in [1.165, 1.54) is 6.07 Å². The topological polar surface area (TPSA) is 77.2 Å². The highest BCUT2D eigenvalue weighted by Crippen LogP contribution is 2.33. The number of ether oxygens (including phenoxy) is 1. The molecule has 0 radical (unpaired) electrons. The summed E-state index contributed by atoms with van der Waals surface area (Å²) >= 11 is 6.40. The average Bonchev–Trinajstić information content (AvgIpc) is 3.35. The number of hydrogen-bond donors (Lipinski definition) is 1. The number of imidazole rings is 1. The van der Waals surface area contributed by atoms with Crippen LogP contribution in [-0.2, 0) is 13.0 Å². The summed E-state index contributed by atoms with van der Waals surface area (Å²) in [7, 11) is 0. The van der Waals surface area contributed by atoms with E-state index in [-0.39, 0.29) is 12.4 Å². The number of nitrogens with zero attached hydrogens (tertiary/aromatic N) is 5. The summed E-state index contributed by atoms with van der Waals surface area (Å²) in [5.74, 6) is 1.67. The minimum atomic E-state index is -0.268. The summed E-state index contributed by atoms with van der Waals surface area (Å²) in [5, 5.41) is 3.56. The van der Waals surface area contributed by atoms with E-state index in [1.807, 2.05) is 13.8 Å². The maximum absolute atomic E-state index is 14.5. The molecule has 7 nitrogen and oxygen atoms in total. The Morgan fingerprint density at radius 1 is 1.17 bits per heavy atom. The third kappa shape index (κ3) is 3.04. The number of aryl methyl sites for hydroxylation is 2. The van der Waals surface area contributed by atoms with E-state index in [4.69, 9.17) is 16.3 Å². The van der Waals surface area contributed by atoms with Crippen molar-refractivity contribution in [2.45, 2.75) is 26.8 Å². The van der Waals surface area contributed by atoms with Gasteiger partial charge in [0.15, 0.2) is 5.15 Å². The quantitative estimate of drug-likeness (QED) is 0.530. The van der Waals surface area contributed by atoms with E-state index in [0.717, 1.165) is 28.1 Å². The zero-order valence-electron chi connectivity index (χ0n) is 16.4. The van der Waals surface area contributed by atoms with Crippen molar-refractivity contribution in [3.63, 3.8) is 0 Å². The van der Waals surface area contributed by atoms with Gasteiger partial charge < -0.3 is 10.1 Å². The van der Waals surface area contributed by atoms with Crippen molar-refractivity contribution >= 4 is 23.1 Å². The van der Waals surface area contributed by atoms with Crippen LogP contribution < -0.4 is 10.1 Å². The highest BCUT2D eigenvalue weighted by atomic mass is 35.5. The van der Waals surface area contributed by atoms with Crippen molar-refractivity contribution in [3.8, 4) is 16.9 Å². The largest absolute Gasteiger partial charge is 0.493 e. The van der Waals surface area contributed by atoms with Gasteiger partial charge in [-0.3, -0.25) is 4.40 Å². The number of nitrogens with one attached hydrogen (secondary N) is 1. The monoisotopic (exact) mass is 424 g/mol. The standard InChI is InChI=1S/C21H18ClFN6O/c1-11-14(7-24-12(2)28-11)16-9-26-21(29-10-27-20(22)19(16)29)25-8-15-13-5-6-30-18(13)4-3-17(15)23/h3-4,7,9-10H,5-6,8H2,1-2H3,(H,25,26). The van der Waals surface area contributed by atoms with Crippen LogP contribution in [0.3, 0.4) is 0 Å². The molecule has 0 amide bonds. The van der Waals surface area contributed by atoms with E-state index in [0.29, 0.717) is 41.0 Å². The molecule has 9 heteroatoms. The molecule has 1 N–H and O–H groups in total. The number of aromatic nitrogens is 5. The van der Waals surface area contributed by atoms with Gasteiger partial charge in [0.05, 0.1) is 12.1 Å². The predicted octanol–water partition coefficient (Wildman–Crippen LogP) is 4.14. The molecule has 0 saturated heterocycles. The summed E-state index contributed by atoms with van der Waals surface area (Å²) in [6, 6.07) is 3.11. The molecule has 0 spiro atoms. The van der Waals surface area contributed by atoms with Gasteiger partial charge in [0.25, 0.3) is 0 Å². The van der Waals surface area contributed by atoms with Gasteiger partial charge in [0.1, 0.15) is 23.7 Å². The molecule has 4 aromatic rings. The molecule has 4 heterocycles. The lowest BCUT2D eigenvalue weighted by atomic mass is 10.0. The van der Waals surface area contributed by atoms with Crippen molar-refractivity contribution in [2.75, 3.05) is 11.9 Å². The number of halogens is 2. The smallest absolute Gasteiger partial charge is 0.209 e. The SMILES string of the molecule is Cc1ncc(-c2cnc(NCc3c(F)ccc4c3CCO4)n3cnc(Cl)c23)c(C)n1. The minimum Gasteiger partial charge on any atom is -0.493 e. The molecule has 0 atom stereocenters. The van der Waals surface area contributed by atoms with Crippen LogP contribution in [0.4, 0.5) is 10.3 Å². The van der Waals surface area contributed by atoms with Crippen LogP contribution in [0, 0.1) is 19.7 Å². The molecule has 0 fully saturated rings. The lowest BCUT2D eigenvalue weighted by molar-refractivity contribution is 0.356. The maximum atomic E-state index is 14.5. The second kappa shape index (κ2) is 7.21. The number of benzene rings is 1. The first-order valence-corrected chi connectivity index (χ1v) is 9.90. The summed E-state index contributed by atoms with van der Waals surface area (Å²) in [6.45, 7) is 4.59. The zero-order valence-corrected chi connectivity index (χ0v) is 17.2. The van der Waals surface area contributed by atoms with Gasteiger partial charge >= 0.3 is 0 Å². The molecule has 0 saturated carbocycles. The Balaban J connectivity index is 1.54. The molecule has 1 aliphatic rings. The molecule has 0 aliphatic carbocycles. The van der Waals surface area contributed by atoms with Crippen LogP contribution in [0.1, 0.15) is 22.6 Å². The third-order valence-corrected chi connectivity index (χ3v) is 5.55. The second-order valence-electron chi connectivity index (χ2n) is 7.12. The molecule has 152 valence electrons. The van der Waals surface area contributed by atoms with Crippen molar-refractivity contribution < 1.29 is 9.13 Å². The molecule has 1 aromatic carbocycles. The van der Waals surface area contributed by atoms with Gasteiger partial charge in [0, 0.05) is 53.3 Å². The highest BCUT2D eigenvalue weighted by Gasteiger charge is 2.21. The number of hydrogen-bond acceptors (Lipinski definition) is 6. The highest BCUT2D eigenvalue weighted by molar-refractivity contribution is 6.33. The lowest BCUT2D eigenvalue weighted by Gasteiger charge is -2.14. The Morgan fingerprint density at radius 3 is 2.83 bits per heavy atom. The van der Waals surface area contributed by atoms with Crippen LogP contribution in [0.5, 0.6) is 5.75 Å². The molecule has 0 unspecified atom stereocenters. The minimum absolute atomic E-state index is 0.266. The van der Waals surface area contributed by atoms with Crippen molar-refractivity contribution in [2.24, 2.45) is 0 Å². The second-order valence-corrected chi connectivity index (χ2v) is 7.48.